The molecule has 0 fully saturated rings. The molecule has 2 rings (SSSR count). The molecule has 0 aliphatic carbocycles. The van der Waals surface area contributed by atoms with E-state index in [1.54, 1.807) is 45.9 Å². The smallest absolute Gasteiger partial charge is 0.408 e. The number of phenolic OH excluding ortho intramolecular Hbond substituents is 1. The van der Waals surface area contributed by atoms with E-state index in [1.165, 1.54) is 11.0 Å². The van der Waals surface area contributed by atoms with Crippen molar-refractivity contribution in [2.24, 2.45) is 0 Å². The van der Waals surface area contributed by atoms with E-state index in [2.05, 4.69) is 10.6 Å². The monoisotopic (exact) mass is 469 g/mol. The number of nitrogens with one attached hydrogen (secondary N) is 2. The van der Waals surface area contributed by atoms with Gasteiger partial charge < -0.3 is 25.4 Å². The van der Waals surface area contributed by atoms with Crippen LogP contribution in [0.25, 0.3) is 0 Å². The Morgan fingerprint density at radius 1 is 1.06 bits per heavy atom. The topological polar surface area (TPSA) is 108 Å². The van der Waals surface area contributed by atoms with Crippen LogP contribution < -0.4 is 10.6 Å². The van der Waals surface area contributed by atoms with Crippen LogP contribution in [0, 0.1) is 13.8 Å². The maximum Gasteiger partial charge on any atom is 0.408 e. The number of anilines is 1. The summed E-state index contributed by atoms with van der Waals surface area (Å²) in [6, 6.07) is 11.2. The minimum absolute atomic E-state index is 0.0989. The molecule has 184 valence electrons. The summed E-state index contributed by atoms with van der Waals surface area (Å²) in [6.45, 7) is 10.7. The number of para-hydroxylation sites is 1. The number of aromatic hydroxyl groups is 1. The largest absolute Gasteiger partial charge is 0.508 e. The van der Waals surface area contributed by atoms with Gasteiger partial charge in [-0.1, -0.05) is 31.2 Å². The zero-order chi connectivity index (χ0) is 25.5. The molecule has 0 saturated heterocycles. The van der Waals surface area contributed by atoms with Crippen LogP contribution in [0.2, 0.25) is 0 Å². The SMILES string of the molecule is CCCN(C(=O)CNC(=O)OC(C)(C)C)C(C(=O)Nc1ccccc1C)c1ccc(O)c(C)c1. The van der Waals surface area contributed by atoms with Crippen LogP contribution in [0.1, 0.15) is 56.8 Å². The molecule has 1 atom stereocenters. The summed E-state index contributed by atoms with van der Waals surface area (Å²) in [7, 11) is 0. The van der Waals surface area contributed by atoms with Crippen molar-refractivity contribution in [3.63, 3.8) is 0 Å². The zero-order valence-electron chi connectivity index (χ0n) is 20.8. The molecule has 3 N–H and O–H groups in total. The standard InChI is InChI=1S/C26H35N3O5/c1-7-14-29(22(31)16-27-25(33)34-26(4,5)6)23(19-12-13-21(30)18(3)15-19)24(32)28-20-11-9-8-10-17(20)2/h8-13,15,23,30H,7,14,16H2,1-6H3,(H,27,33)(H,28,32). The highest BCUT2D eigenvalue weighted by Gasteiger charge is 2.32. The molecule has 0 heterocycles. The number of rotatable bonds is 8. The Morgan fingerprint density at radius 2 is 1.74 bits per heavy atom. The van der Waals surface area contributed by atoms with Gasteiger partial charge >= 0.3 is 6.09 Å². The van der Waals surface area contributed by atoms with E-state index in [1.807, 2.05) is 32.0 Å². The van der Waals surface area contributed by atoms with Gasteiger partial charge in [0.15, 0.2) is 0 Å². The third-order valence-corrected chi connectivity index (χ3v) is 5.07. The Kier molecular flexibility index (Phi) is 9.06. The predicted octanol–water partition coefficient (Wildman–Crippen LogP) is 4.45. The first kappa shape index (κ1) is 26.7. The molecule has 2 aromatic carbocycles. The quantitative estimate of drug-likeness (QED) is 0.529. The number of phenols is 1. The fraction of sp³-hybridized carbons (Fsp3) is 0.423. The van der Waals surface area contributed by atoms with Crippen molar-refractivity contribution in [2.45, 2.75) is 59.6 Å². The van der Waals surface area contributed by atoms with Crippen molar-refractivity contribution in [2.75, 3.05) is 18.4 Å². The molecule has 0 aliphatic heterocycles. The normalized spacial score (nSPS) is 11.9. The van der Waals surface area contributed by atoms with Gasteiger partial charge in [0.2, 0.25) is 5.91 Å². The van der Waals surface area contributed by atoms with Gasteiger partial charge in [0.1, 0.15) is 23.9 Å². The number of aryl methyl sites for hydroxylation is 2. The number of nitrogens with zero attached hydrogens (tertiary/aromatic N) is 1. The van der Waals surface area contributed by atoms with E-state index < -0.39 is 29.6 Å². The number of amides is 3. The second kappa shape index (κ2) is 11.5. The van der Waals surface area contributed by atoms with Crippen LogP contribution in [-0.4, -0.2) is 46.6 Å². The fourth-order valence-electron chi connectivity index (χ4n) is 3.44. The lowest BCUT2D eigenvalue weighted by Crippen LogP contribution is -2.46. The first-order chi connectivity index (χ1) is 15.9. The Morgan fingerprint density at radius 3 is 2.32 bits per heavy atom. The summed E-state index contributed by atoms with van der Waals surface area (Å²) in [4.78, 5) is 40.3. The van der Waals surface area contributed by atoms with Gasteiger partial charge in [-0.25, -0.2) is 4.79 Å². The molecule has 0 aromatic heterocycles. The second-order valence-corrected chi connectivity index (χ2v) is 9.20. The lowest BCUT2D eigenvalue weighted by atomic mass is 10.0. The third kappa shape index (κ3) is 7.50. The van der Waals surface area contributed by atoms with Crippen molar-refractivity contribution in [1.29, 1.82) is 0 Å². The van der Waals surface area contributed by atoms with E-state index in [4.69, 9.17) is 4.74 Å². The molecule has 8 nitrogen and oxygen atoms in total. The summed E-state index contributed by atoms with van der Waals surface area (Å²) >= 11 is 0. The fourth-order valence-corrected chi connectivity index (χ4v) is 3.44. The van der Waals surface area contributed by atoms with Crippen LogP contribution in [-0.2, 0) is 14.3 Å². The molecular formula is C26H35N3O5. The van der Waals surface area contributed by atoms with Crippen LogP contribution >= 0.6 is 0 Å². The van der Waals surface area contributed by atoms with Crippen molar-refractivity contribution >= 4 is 23.6 Å². The molecule has 0 bridgehead atoms. The summed E-state index contributed by atoms with van der Waals surface area (Å²) in [5.74, 6) is -0.719. The van der Waals surface area contributed by atoms with Crippen molar-refractivity contribution in [1.82, 2.24) is 10.2 Å². The number of carbonyl (C=O) groups is 3. The van der Waals surface area contributed by atoms with Gasteiger partial charge in [0.25, 0.3) is 5.91 Å². The molecule has 0 aliphatic rings. The summed E-state index contributed by atoms with van der Waals surface area (Å²) in [5, 5.41) is 15.4. The van der Waals surface area contributed by atoms with Gasteiger partial charge in [-0.2, -0.15) is 0 Å². The van der Waals surface area contributed by atoms with Crippen molar-refractivity contribution in [3.8, 4) is 5.75 Å². The zero-order valence-corrected chi connectivity index (χ0v) is 20.8. The van der Waals surface area contributed by atoms with E-state index in [0.29, 0.717) is 29.8 Å². The van der Waals surface area contributed by atoms with Crippen LogP contribution in [0.15, 0.2) is 42.5 Å². The van der Waals surface area contributed by atoms with Crippen molar-refractivity contribution in [3.05, 3.63) is 59.2 Å². The summed E-state index contributed by atoms with van der Waals surface area (Å²) in [6.07, 6.45) is -0.109. The summed E-state index contributed by atoms with van der Waals surface area (Å²) < 4.78 is 5.21. The van der Waals surface area contributed by atoms with Gasteiger partial charge in [0.05, 0.1) is 0 Å². The number of benzene rings is 2. The highest BCUT2D eigenvalue weighted by atomic mass is 16.6. The van der Waals surface area contributed by atoms with Gasteiger partial charge in [-0.3, -0.25) is 9.59 Å². The minimum atomic E-state index is -0.966. The minimum Gasteiger partial charge on any atom is -0.508 e. The number of carbonyl (C=O) groups excluding carboxylic acids is 3. The number of ether oxygens (including phenoxy) is 1. The average Bonchev–Trinajstić information content (AvgIpc) is 2.74. The van der Waals surface area contributed by atoms with E-state index in [-0.39, 0.29) is 12.3 Å². The first-order valence-corrected chi connectivity index (χ1v) is 11.3. The molecule has 34 heavy (non-hydrogen) atoms. The molecule has 0 radical (unpaired) electrons. The molecular weight excluding hydrogens is 434 g/mol. The lowest BCUT2D eigenvalue weighted by molar-refractivity contribution is -0.138. The molecule has 3 amide bonds. The highest BCUT2D eigenvalue weighted by molar-refractivity contribution is 5.98. The second-order valence-electron chi connectivity index (χ2n) is 9.20. The van der Waals surface area contributed by atoms with E-state index in [0.717, 1.165) is 5.56 Å². The maximum atomic E-state index is 13.5. The molecule has 0 spiro atoms. The molecule has 8 heteroatoms. The van der Waals surface area contributed by atoms with Crippen LogP contribution in [0.5, 0.6) is 5.75 Å². The number of hydrogen-bond acceptors (Lipinski definition) is 5. The Labute approximate surface area is 201 Å². The third-order valence-electron chi connectivity index (χ3n) is 5.07. The van der Waals surface area contributed by atoms with E-state index >= 15 is 0 Å². The summed E-state index contributed by atoms with van der Waals surface area (Å²) in [5.41, 5.74) is 1.97. The van der Waals surface area contributed by atoms with E-state index in [9.17, 15) is 19.5 Å². The van der Waals surface area contributed by atoms with Gasteiger partial charge in [-0.15, -0.1) is 0 Å². The van der Waals surface area contributed by atoms with Gasteiger partial charge in [-0.05, 0) is 75.9 Å². The Balaban J connectivity index is 2.37. The predicted molar refractivity (Wildman–Crippen MR) is 132 cm³/mol. The Bertz CT molecular complexity index is 1030. The van der Waals surface area contributed by atoms with Gasteiger partial charge in [0, 0.05) is 12.2 Å². The number of alkyl carbamates (subject to hydrolysis) is 1. The Hall–Kier alpha value is -3.55. The molecule has 0 saturated carbocycles. The molecule has 2 aromatic rings. The first-order valence-electron chi connectivity index (χ1n) is 11.3. The molecule has 1 unspecified atom stereocenters. The number of hydrogen-bond donors (Lipinski definition) is 3. The maximum absolute atomic E-state index is 13.5. The highest BCUT2D eigenvalue weighted by Crippen LogP contribution is 2.28. The van der Waals surface area contributed by atoms with Crippen LogP contribution in [0.4, 0.5) is 10.5 Å². The lowest BCUT2D eigenvalue weighted by Gasteiger charge is -2.32. The van der Waals surface area contributed by atoms with Crippen molar-refractivity contribution < 1.29 is 24.2 Å². The van der Waals surface area contributed by atoms with Crippen LogP contribution in [0.3, 0.4) is 0 Å². The average molecular weight is 470 g/mol.